The van der Waals surface area contributed by atoms with E-state index in [0.29, 0.717) is 12.2 Å². The molecule has 1 atom stereocenters. The fraction of sp³-hybridized carbons (Fsp3) is 0.412. The molecule has 1 aromatic carbocycles. The molecular weight excluding hydrogens is 331 g/mol. The van der Waals surface area contributed by atoms with Gasteiger partial charge in [0.1, 0.15) is 0 Å². The number of nitrogens with zero attached hydrogens (tertiary/aromatic N) is 4. The second-order valence-corrected chi connectivity index (χ2v) is 6.17. The Balaban J connectivity index is 1.75. The van der Waals surface area contributed by atoms with E-state index in [1.807, 2.05) is 13.2 Å². The number of nitrogens with one attached hydrogen (secondary N) is 1. The molecule has 132 valence electrons. The summed E-state index contributed by atoms with van der Waals surface area (Å²) >= 11 is 0. The summed E-state index contributed by atoms with van der Waals surface area (Å²) in [5.74, 6) is 0. The summed E-state index contributed by atoms with van der Waals surface area (Å²) in [5.41, 5.74) is 0.118. The molecule has 1 fully saturated rings. The molecule has 1 aromatic heterocycles. The standard InChI is InChI=1S/C17H18F3N5/c1-24-11-15(9-22-24)25-6-2-3-14(10-25)23-13-5-4-12(8-21)16(7-13)17(18,19)20/h4-5,7,9,11,14,23H,2-3,6,10H2,1H3. The van der Waals surface area contributed by atoms with Gasteiger partial charge in [0.25, 0.3) is 0 Å². The van der Waals surface area contributed by atoms with Crippen LogP contribution in [0.4, 0.5) is 24.5 Å². The Morgan fingerprint density at radius 2 is 2.16 bits per heavy atom. The number of aromatic nitrogens is 2. The van der Waals surface area contributed by atoms with Gasteiger partial charge >= 0.3 is 6.18 Å². The molecule has 0 saturated carbocycles. The third-order valence-electron chi connectivity index (χ3n) is 4.29. The number of aryl methyl sites for hydroxylation is 1. The first-order valence-electron chi connectivity index (χ1n) is 7.98. The lowest BCUT2D eigenvalue weighted by Gasteiger charge is -2.34. The normalized spacial score (nSPS) is 18.0. The second kappa shape index (κ2) is 6.67. The third kappa shape index (κ3) is 3.87. The Kier molecular flexibility index (Phi) is 4.57. The highest BCUT2D eigenvalue weighted by atomic mass is 19.4. The average molecular weight is 349 g/mol. The zero-order chi connectivity index (χ0) is 18.0. The Bertz CT molecular complexity index is 790. The number of nitriles is 1. The Labute approximate surface area is 143 Å². The summed E-state index contributed by atoms with van der Waals surface area (Å²) in [6, 6.07) is 5.38. The maximum Gasteiger partial charge on any atom is 0.417 e. The Morgan fingerprint density at radius 3 is 2.80 bits per heavy atom. The van der Waals surface area contributed by atoms with E-state index in [1.54, 1.807) is 16.9 Å². The molecule has 1 N–H and O–H groups in total. The molecule has 25 heavy (non-hydrogen) atoms. The highest BCUT2D eigenvalue weighted by molar-refractivity contribution is 5.54. The van der Waals surface area contributed by atoms with Crippen molar-refractivity contribution in [2.45, 2.75) is 25.1 Å². The number of hydrogen-bond acceptors (Lipinski definition) is 4. The first-order chi connectivity index (χ1) is 11.9. The lowest BCUT2D eigenvalue weighted by Crippen LogP contribution is -2.42. The Morgan fingerprint density at radius 1 is 1.36 bits per heavy atom. The molecule has 0 spiro atoms. The van der Waals surface area contributed by atoms with E-state index >= 15 is 0 Å². The molecule has 0 bridgehead atoms. The minimum Gasteiger partial charge on any atom is -0.381 e. The van der Waals surface area contributed by atoms with Crippen LogP contribution in [0.5, 0.6) is 0 Å². The van der Waals surface area contributed by atoms with Crippen LogP contribution in [0, 0.1) is 11.3 Å². The summed E-state index contributed by atoms with van der Waals surface area (Å²) in [6.07, 6.45) is 0.974. The third-order valence-corrected chi connectivity index (χ3v) is 4.29. The molecule has 0 radical (unpaired) electrons. The summed E-state index contributed by atoms with van der Waals surface area (Å²) in [7, 11) is 1.85. The van der Waals surface area contributed by atoms with E-state index in [4.69, 9.17) is 5.26 Å². The number of hydrogen-bond donors (Lipinski definition) is 1. The average Bonchev–Trinajstić information content (AvgIpc) is 3.01. The molecule has 1 saturated heterocycles. The summed E-state index contributed by atoms with van der Waals surface area (Å²) in [5, 5.41) is 16.2. The van der Waals surface area contributed by atoms with E-state index in [0.717, 1.165) is 31.1 Å². The van der Waals surface area contributed by atoms with Gasteiger partial charge in [-0.3, -0.25) is 4.68 Å². The van der Waals surface area contributed by atoms with Crippen molar-refractivity contribution in [2.75, 3.05) is 23.3 Å². The van der Waals surface area contributed by atoms with E-state index in [9.17, 15) is 13.2 Å². The van der Waals surface area contributed by atoms with Crippen LogP contribution in [0.25, 0.3) is 0 Å². The summed E-state index contributed by atoms with van der Waals surface area (Å²) < 4.78 is 41.0. The first kappa shape index (κ1) is 17.1. The molecule has 1 aliphatic rings. The van der Waals surface area contributed by atoms with E-state index in [-0.39, 0.29) is 11.6 Å². The van der Waals surface area contributed by atoms with Gasteiger partial charge in [-0.15, -0.1) is 0 Å². The fourth-order valence-corrected chi connectivity index (χ4v) is 3.10. The smallest absolute Gasteiger partial charge is 0.381 e. The predicted molar refractivity (Wildman–Crippen MR) is 88.2 cm³/mol. The zero-order valence-corrected chi connectivity index (χ0v) is 13.7. The van der Waals surface area contributed by atoms with Gasteiger partial charge in [-0.1, -0.05) is 0 Å². The van der Waals surface area contributed by atoms with Crippen molar-refractivity contribution >= 4 is 11.4 Å². The lowest BCUT2D eigenvalue weighted by atomic mass is 10.0. The molecule has 2 aromatic rings. The van der Waals surface area contributed by atoms with E-state index in [2.05, 4.69) is 15.3 Å². The van der Waals surface area contributed by atoms with Crippen LogP contribution < -0.4 is 10.2 Å². The molecule has 1 aliphatic heterocycles. The van der Waals surface area contributed by atoms with Crippen LogP contribution in [0.2, 0.25) is 0 Å². The minimum atomic E-state index is -4.54. The number of anilines is 2. The number of rotatable bonds is 3. The largest absolute Gasteiger partial charge is 0.417 e. The van der Waals surface area contributed by atoms with Crippen molar-refractivity contribution in [3.63, 3.8) is 0 Å². The fourth-order valence-electron chi connectivity index (χ4n) is 3.10. The maximum atomic E-state index is 13.1. The molecule has 2 heterocycles. The topological polar surface area (TPSA) is 56.9 Å². The minimum absolute atomic E-state index is 0.0305. The number of benzene rings is 1. The molecule has 3 rings (SSSR count). The number of alkyl halides is 3. The predicted octanol–water partition coefficient (Wildman–Crippen LogP) is 3.39. The van der Waals surface area contributed by atoms with Crippen LogP contribution in [0.1, 0.15) is 24.0 Å². The van der Waals surface area contributed by atoms with Crippen molar-refractivity contribution in [1.29, 1.82) is 5.26 Å². The highest BCUT2D eigenvalue weighted by Crippen LogP contribution is 2.34. The summed E-state index contributed by atoms with van der Waals surface area (Å²) in [6.45, 7) is 1.58. The van der Waals surface area contributed by atoms with Crippen LogP contribution in [0.3, 0.4) is 0 Å². The van der Waals surface area contributed by atoms with Crippen LogP contribution in [0.15, 0.2) is 30.6 Å². The van der Waals surface area contributed by atoms with Gasteiger partial charge in [-0.2, -0.15) is 23.5 Å². The molecular formula is C17H18F3N5. The van der Waals surface area contributed by atoms with Crippen molar-refractivity contribution in [2.24, 2.45) is 7.05 Å². The number of piperidine rings is 1. The molecule has 8 heteroatoms. The van der Waals surface area contributed by atoms with Gasteiger partial charge in [0.05, 0.1) is 29.1 Å². The number of halogens is 3. The van der Waals surface area contributed by atoms with E-state index in [1.165, 1.54) is 12.1 Å². The first-order valence-corrected chi connectivity index (χ1v) is 7.98. The molecule has 0 amide bonds. The van der Waals surface area contributed by atoms with Crippen molar-refractivity contribution in [1.82, 2.24) is 9.78 Å². The van der Waals surface area contributed by atoms with Gasteiger partial charge in [-0.25, -0.2) is 0 Å². The van der Waals surface area contributed by atoms with Crippen LogP contribution in [-0.2, 0) is 13.2 Å². The van der Waals surface area contributed by atoms with Gasteiger partial charge in [-0.05, 0) is 31.0 Å². The monoisotopic (exact) mass is 349 g/mol. The Hall–Kier alpha value is -2.69. The van der Waals surface area contributed by atoms with Crippen molar-refractivity contribution in [3.8, 4) is 6.07 Å². The van der Waals surface area contributed by atoms with Gasteiger partial charge < -0.3 is 10.2 Å². The molecule has 1 unspecified atom stereocenters. The van der Waals surface area contributed by atoms with Crippen LogP contribution in [-0.4, -0.2) is 28.9 Å². The van der Waals surface area contributed by atoms with Gasteiger partial charge in [0.2, 0.25) is 0 Å². The summed E-state index contributed by atoms with van der Waals surface area (Å²) in [4.78, 5) is 2.17. The van der Waals surface area contributed by atoms with Gasteiger partial charge in [0, 0.05) is 38.1 Å². The van der Waals surface area contributed by atoms with E-state index < -0.39 is 11.7 Å². The lowest BCUT2D eigenvalue weighted by molar-refractivity contribution is -0.137. The maximum absolute atomic E-state index is 13.1. The quantitative estimate of drug-likeness (QED) is 0.923. The second-order valence-electron chi connectivity index (χ2n) is 6.17. The molecule has 0 aliphatic carbocycles. The highest BCUT2D eigenvalue weighted by Gasteiger charge is 2.34. The van der Waals surface area contributed by atoms with Crippen molar-refractivity contribution in [3.05, 3.63) is 41.7 Å². The molecule has 5 nitrogen and oxygen atoms in total. The van der Waals surface area contributed by atoms with Crippen molar-refractivity contribution < 1.29 is 13.2 Å². The zero-order valence-electron chi connectivity index (χ0n) is 13.7. The van der Waals surface area contributed by atoms with Crippen LogP contribution >= 0.6 is 0 Å². The van der Waals surface area contributed by atoms with Gasteiger partial charge in [0.15, 0.2) is 0 Å². The SMILES string of the molecule is Cn1cc(N2CCCC(Nc3ccc(C#N)c(C(F)(F)F)c3)C2)cn1.